The Morgan fingerprint density at radius 3 is 2.57 bits per heavy atom. The summed E-state index contributed by atoms with van der Waals surface area (Å²) in [7, 11) is 0. The van der Waals surface area contributed by atoms with Crippen molar-refractivity contribution in [3.8, 4) is 5.75 Å². The quantitative estimate of drug-likeness (QED) is 0.433. The Morgan fingerprint density at radius 2 is 1.90 bits per heavy atom. The van der Waals surface area contributed by atoms with Gasteiger partial charge in [0.2, 0.25) is 0 Å². The molecule has 0 saturated carbocycles. The van der Waals surface area contributed by atoms with E-state index in [4.69, 9.17) is 20.8 Å². The zero-order chi connectivity index (χ0) is 21.5. The molecule has 3 rings (SSSR count). The summed E-state index contributed by atoms with van der Waals surface area (Å²) in [4.78, 5) is 24.0. The lowest BCUT2D eigenvalue weighted by Crippen LogP contribution is -2.25. The predicted octanol–water partition coefficient (Wildman–Crippen LogP) is 4.41. The Morgan fingerprint density at radius 1 is 1.13 bits per heavy atom. The third-order valence-corrected chi connectivity index (χ3v) is 4.38. The zero-order valence-electron chi connectivity index (χ0n) is 16.4. The number of aryl methyl sites for hydroxylation is 1. The number of nitrogens with one attached hydrogen (secondary N) is 2. The molecule has 2 N–H and O–H groups in total. The molecule has 0 radical (unpaired) electrons. The third kappa shape index (κ3) is 5.71. The first-order chi connectivity index (χ1) is 14.4. The number of amides is 2. The van der Waals surface area contributed by atoms with Crippen molar-refractivity contribution in [2.24, 2.45) is 5.10 Å². The number of carbonyl (C=O) groups is 2. The summed E-state index contributed by atoms with van der Waals surface area (Å²) in [6.07, 6.45) is 1.44. The van der Waals surface area contributed by atoms with Crippen molar-refractivity contribution >= 4 is 34.8 Å². The van der Waals surface area contributed by atoms with Gasteiger partial charge in [0.05, 0.1) is 12.0 Å². The first-order valence-electron chi connectivity index (χ1n) is 9.10. The smallest absolute Gasteiger partial charge is 0.291 e. The van der Waals surface area contributed by atoms with Crippen LogP contribution in [0.25, 0.3) is 0 Å². The molecule has 7 nitrogen and oxygen atoms in total. The molecule has 30 heavy (non-hydrogen) atoms. The van der Waals surface area contributed by atoms with Crippen LogP contribution in [0.5, 0.6) is 5.75 Å². The van der Waals surface area contributed by atoms with Crippen LogP contribution in [0.1, 0.15) is 28.6 Å². The summed E-state index contributed by atoms with van der Waals surface area (Å²) in [5, 5.41) is 7.43. The largest absolute Gasteiger partial charge is 0.483 e. The molecular weight excluding hydrogens is 406 g/mol. The van der Waals surface area contributed by atoms with Gasteiger partial charge in [-0.25, -0.2) is 5.43 Å². The average molecular weight is 426 g/mol. The van der Waals surface area contributed by atoms with Crippen molar-refractivity contribution in [3.63, 3.8) is 0 Å². The Kier molecular flexibility index (Phi) is 6.87. The number of hydrogen-bond donors (Lipinski definition) is 2. The maximum absolute atomic E-state index is 12.0. The van der Waals surface area contributed by atoms with Crippen molar-refractivity contribution in [2.75, 3.05) is 11.9 Å². The normalized spacial score (nSPS) is 11.1. The number of ether oxygens (including phenoxy) is 1. The molecule has 0 aliphatic rings. The molecule has 2 aromatic carbocycles. The highest BCUT2D eigenvalue weighted by Gasteiger charge is 2.09. The lowest BCUT2D eigenvalue weighted by molar-refractivity contribution is -0.123. The van der Waals surface area contributed by atoms with Crippen LogP contribution in [-0.4, -0.2) is 24.1 Å². The average Bonchev–Trinajstić information content (AvgIpc) is 3.27. The Balaban J connectivity index is 1.52. The van der Waals surface area contributed by atoms with Gasteiger partial charge in [0.1, 0.15) is 5.75 Å². The minimum absolute atomic E-state index is 0.170. The molecule has 0 spiro atoms. The van der Waals surface area contributed by atoms with E-state index < -0.39 is 0 Å². The maximum Gasteiger partial charge on any atom is 0.291 e. The van der Waals surface area contributed by atoms with Crippen LogP contribution in [0.15, 0.2) is 70.4 Å². The summed E-state index contributed by atoms with van der Waals surface area (Å²) >= 11 is 5.90. The van der Waals surface area contributed by atoms with Crippen molar-refractivity contribution in [2.45, 2.75) is 13.8 Å². The maximum atomic E-state index is 12.0. The second kappa shape index (κ2) is 9.76. The summed E-state index contributed by atoms with van der Waals surface area (Å²) in [6, 6.07) is 15.5. The summed E-state index contributed by atoms with van der Waals surface area (Å²) in [6.45, 7) is 3.44. The molecule has 0 saturated heterocycles. The minimum Gasteiger partial charge on any atom is -0.483 e. The number of rotatable bonds is 7. The molecule has 3 aromatic rings. The van der Waals surface area contributed by atoms with Gasteiger partial charge in [0.15, 0.2) is 12.4 Å². The summed E-state index contributed by atoms with van der Waals surface area (Å²) in [5.41, 5.74) is 5.32. The highest BCUT2D eigenvalue weighted by atomic mass is 35.5. The van der Waals surface area contributed by atoms with Gasteiger partial charge in [0.25, 0.3) is 11.8 Å². The fraction of sp³-hybridized carbons (Fsp3) is 0.136. The van der Waals surface area contributed by atoms with Crippen LogP contribution >= 0.6 is 11.6 Å². The molecule has 0 fully saturated rings. The highest BCUT2D eigenvalue weighted by Crippen LogP contribution is 2.21. The molecule has 0 bridgehead atoms. The predicted molar refractivity (Wildman–Crippen MR) is 115 cm³/mol. The van der Waals surface area contributed by atoms with E-state index in [1.807, 2.05) is 6.92 Å². The Hall–Kier alpha value is -3.58. The molecule has 0 unspecified atom stereocenters. The lowest BCUT2D eigenvalue weighted by Gasteiger charge is -2.09. The number of carbonyl (C=O) groups excluding carboxylic acids is 2. The number of anilines is 1. The van der Waals surface area contributed by atoms with E-state index in [2.05, 4.69) is 15.8 Å². The molecule has 0 aliphatic carbocycles. The first kappa shape index (κ1) is 21.1. The summed E-state index contributed by atoms with van der Waals surface area (Å²) in [5.74, 6) is 0.102. The Labute approximate surface area is 178 Å². The number of halogens is 1. The standard InChI is InChI=1S/C22H20ClN3O4/c1-14-12-17(23)7-10-19(14)30-13-21(27)26-25-15(2)16-5-8-18(9-6-16)24-22(28)20-4-3-11-29-20/h3-12H,13H2,1-2H3,(H,24,28)(H,26,27). The van der Waals surface area contributed by atoms with Crippen LogP contribution in [0, 0.1) is 6.92 Å². The van der Waals surface area contributed by atoms with Crippen molar-refractivity contribution in [1.29, 1.82) is 0 Å². The molecular formula is C22H20ClN3O4. The topological polar surface area (TPSA) is 92.9 Å². The number of hydrazone groups is 1. The monoisotopic (exact) mass is 425 g/mol. The van der Waals surface area contributed by atoms with Crippen LogP contribution in [0.3, 0.4) is 0 Å². The second-order valence-electron chi connectivity index (χ2n) is 6.44. The number of furan rings is 1. The molecule has 0 aliphatic heterocycles. The van der Waals surface area contributed by atoms with Gasteiger partial charge in [-0.05, 0) is 67.4 Å². The van der Waals surface area contributed by atoms with Crippen LogP contribution < -0.4 is 15.5 Å². The van der Waals surface area contributed by atoms with Gasteiger partial charge in [0, 0.05) is 10.7 Å². The van der Waals surface area contributed by atoms with Crippen molar-refractivity contribution in [1.82, 2.24) is 5.43 Å². The third-order valence-electron chi connectivity index (χ3n) is 4.15. The molecule has 8 heteroatoms. The van der Waals surface area contributed by atoms with Gasteiger partial charge in [-0.3, -0.25) is 9.59 Å². The minimum atomic E-state index is -0.383. The SMILES string of the molecule is CC(=NNC(=O)COc1ccc(Cl)cc1C)c1ccc(NC(=O)c2ccco2)cc1. The number of benzene rings is 2. The fourth-order valence-corrected chi connectivity index (χ4v) is 2.78. The summed E-state index contributed by atoms with van der Waals surface area (Å²) < 4.78 is 10.5. The van der Waals surface area contributed by atoms with E-state index in [-0.39, 0.29) is 24.2 Å². The van der Waals surface area contributed by atoms with Crippen molar-refractivity contribution < 1.29 is 18.7 Å². The molecule has 2 amide bonds. The van der Waals surface area contributed by atoms with E-state index in [0.29, 0.717) is 22.2 Å². The Bertz CT molecular complexity index is 1060. The zero-order valence-corrected chi connectivity index (χ0v) is 17.2. The van der Waals surface area contributed by atoms with Crippen LogP contribution in [-0.2, 0) is 4.79 Å². The molecule has 154 valence electrons. The lowest BCUT2D eigenvalue weighted by atomic mass is 10.1. The highest BCUT2D eigenvalue weighted by molar-refractivity contribution is 6.30. The van der Waals surface area contributed by atoms with E-state index >= 15 is 0 Å². The molecule has 0 atom stereocenters. The van der Waals surface area contributed by atoms with E-state index in [1.165, 1.54) is 6.26 Å². The van der Waals surface area contributed by atoms with Gasteiger partial charge in [-0.1, -0.05) is 23.7 Å². The number of nitrogens with zero attached hydrogens (tertiary/aromatic N) is 1. The molecule has 1 aromatic heterocycles. The van der Waals surface area contributed by atoms with Gasteiger partial charge in [-0.2, -0.15) is 5.10 Å². The first-order valence-corrected chi connectivity index (χ1v) is 9.47. The molecule has 1 heterocycles. The van der Waals surface area contributed by atoms with Gasteiger partial charge < -0.3 is 14.5 Å². The van der Waals surface area contributed by atoms with E-state index in [9.17, 15) is 9.59 Å². The van der Waals surface area contributed by atoms with Crippen LogP contribution in [0.4, 0.5) is 5.69 Å². The fourth-order valence-electron chi connectivity index (χ4n) is 2.56. The second-order valence-corrected chi connectivity index (χ2v) is 6.88. The van der Waals surface area contributed by atoms with E-state index in [0.717, 1.165) is 11.1 Å². The number of hydrogen-bond acceptors (Lipinski definition) is 5. The van der Waals surface area contributed by atoms with Crippen LogP contribution in [0.2, 0.25) is 5.02 Å². The van der Waals surface area contributed by atoms with Crippen molar-refractivity contribution in [3.05, 3.63) is 82.8 Å². The van der Waals surface area contributed by atoms with E-state index in [1.54, 1.807) is 61.5 Å². The van der Waals surface area contributed by atoms with Gasteiger partial charge >= 0.3 is 0 Å². The van der Waals surface area contributed by atoms with Gasteiger partial charge in [-0.15, -0.1) is 0 Å².